The van der Waals surface area contributed by atoms with E-state index in [1.165, 1.54) is 0 Å². The Kier molecular flexibility index (Phi) is 5.87. The molecule has 1 aliphatic rings. The summed E-state index contributed by atoms with van der Waals surface area (Å²) in [5.41, 5.74) is 0. The molecule has 0 aromatic carbocycles. The van der Waals surface area contributed by atoms with Gasteiger partial charge in [-0.05, 0) is 19.3 Å². The second-order valence-electron chi connectivity index (χ2n) is 4.23. The maximum atomic E-state index is 11.5. The van der Waals surface area contributed by atoms with Gasteiger partial charge in [0.2, 0.25) is 0 Å². The third-order valence-corrected chi connectivity index (χ3v) is 3.79. The molecule has 1 saturated carbocycles. The second kappa shape index (κ2) is 6.93. The first-order chi connectivity index (χ1) is 7.99. The summed E-state index contributed by atoms with van der Waals surface area (Å²) >= 11 is 0. The van der Waals surface area contributed by atoms with Crippen molar-refractivity contribution >= 4 is 16.3 Å². The zero-order valence-electron chi connectivity index (χ0n) is 9.72. The van der Waals surface area contributed by atoms with Crippen LogP contribution in [0.4, 0.5) is 0 Å². The van der Waals surface area contributed by atoms with Crippen LogP contribution in [-0.4, -0.2) is 32.1 Å². The van der Waals surface area contributed by atoms with E-state index in [4.69, 9.17) is 5.11 Å². The molecule has 6 nitrogen and oxygen atoms in total. The lowest BCUT2D eigenvalue weighted by Gasteiger charge is -2.22. The SMILES string of the molecule is O=C(O)CCCOS(=O)(=O)NC1CCCCC1. The highest BCUT2D eigenvalue weighted by Gasteiger charge is 2.20. The zero-order valence-corrected chi connectivity index (χ0v) is 10.5. The molecule has 1 fully saturated rings. The molecule has 0 amide bonds. The predicted molar refractivity (Wildman–Crippen MR) is 61.8 cm³/mol. The number of aliphatic carboxylic acids is 1. The first-order valence-corrected chi connectivity index (χ1v) is 7.29. The predicted octanol–water partition coefficient (Wildman–Crippen LogP) is 1.03. The van der Waals surface area contributed by atoms with E-state index < -0.39 is 16.3 Å². The highest BCUT2D eigenvalue weighted by atomic mass is 32.2. The number of hydrogen-bond donors (Lipinski definition) is 2. The van der Waals surface area contributed by atoms with Crippen molar-refractivity contribution in [3.63, 3.8) is 0 Å². The van der Waals surface area contributed by atoms with Crippen LogP contribution in [0.3, 0.4) is 0 Å². The highest BCUT2D eigenvalue weighted by Crippen LogP contribution is 2.18. The molecule has 0 atom stereocenters. The van der Waals surface area contributed by atoms with Gasteiger partial charge in [0, 0.05) is 12.5 Å². The lowest BCUT2D eigenvalue weighted by Crippen LogP contribution is -2.37. The van der Waals surface area contributed by atoms with Gasteiger partial charge in [-0.25, -0.2) is 0 Å². The van der Waals surface area contributed by atoms with E-state index in [-0.39, 0.29) is 25.5 Å². The van der Waals surface area contributed by atoms with Crippen molar-refractivity contribution in [1.29, 1.82) is 0 Å². The number of carboxylic acids is 1. The standard InChI is InChI=1S/C10H19NO5S/c12-10(13)7-4-8-16-17(14,15)11-9-5-2-1-3-6-9/h9,11H,1-8H2,(H,12,13). The quantitative estimate of drug-likeness (QED) is 0.671. The summed E-state index contributed by atoms with van der Waals surface area (Å²) in [6, 6.07) is -0.0341. The number of nitrogens with one attached hydrogen (secondary N) is 1. The van der Waals surface area contributed by atoms with E-state index in [2.05, 4.69) is 8.91 Å². The molecular formula is C10H19NO5S. The van der Waals surface area contributed by atoms with Gasteiger partial charge in [0.15, 0.2) is 0 Å². The van der Waals surface area contributed by atoms with E-state index in [0.29, 0.717) is 0 Å². The monoisotopic (exact) mass is 265 g/mol. The second-order valence-corrected chi connectivity index (χ2v) is 5.61. The van der Waals surface area contributed by atoms with Gasteiger partial charge in [0.25, 0.3) is 0 Å². The highest BCUT2D eigenvalue weighted by molar-refractivity contribution is 7.84. The van der Waals surface area contributed by atoms with E-state index in [0.717, 1.165) is 32.1 Å². The van der Waals surface area contributed by atoms with Gasteiger partial charge in [-0.3, -0.25) is 8.98 Å². The van der Waals surface area contributed by atoms with Crippen LogP contribution in [0.15, 0.2) is 0 Å². The molecule has 7 heteroatoms. The topological polar surface area (TPSA) is 92.7 Å². The molecule has 0 aromatic rings. The van der Waals surface area contributed by atoms with Gasteiger partial charge in [-0.2, -0.15) is 13.1 Å². The molecule has 0 heterocycles. The summed E-state index contributed by atoms with van der Waals surface area (Å²) in [6.45, 7) is -0.0889. The van der Waals surface area contributed by atoms with Crippen LogP contribution in [0.1, 0.15) is 44.9 Å². The molecule has 0 aliphatic heterocycles. The average molecular weight is 265 g/mol. The Morgan fingerprint density at radius 1 is 1.29 bits per heavy atom. The molecule has 1 aliphatic carbocycles. The maximum absolute atomic E-state index is 11.5. The molecule has 0 saturated heterocycles. The lowest BCUT2D eigenvalue weighted by molar-refractivity contribution is -0.137. The third kappa shape index (κ3) is 6.60. The van der Waals surface area contributed by atoms with Crippen LogP contribution in [0.5, 0.6) is 0 Å². The van der Waals surface area contributed by atoms with Gasteiger partial charge in [-0.1, -0.05) is 19.3 Å². The van der Waals surface area contributed by atoms with Crippen LogP contribution in [0.2, 0.25) is 0 Å². The van der Waals surface area contributed by atoms with Crippen LogP contribution in [-0.2, 0) is 19.3 Å². The van der Waals surface area contributed by atoms with Gasteiger partial charge >= 0.3 is 16.3 Å². The molecule has 1 rings (SSSR count). The average Bonchev–Trinajstić information content (AvgIpc) is 2.25. The van der Waals surface area contributed by atoms with Crippen molar-refractivity contribution in [3.8, 4) is 0 Å². The first kappa shape index (κ1) is 14.4. The summed E-state index contributed by atoms with van der Waals surface area (Å²) < 4.78 is 30.1. The third-order valence-electron chi connectivity index (χ3n) is 2.69. The summed E-state index contributed by atoms with van der Waals surface area (Å²) in [4.78, 5) is 10.2. The smallest absolute Gasteiger partial charge is 0.336 e. The Morgan fingerprint density at radius 2 is 1.94 bits per heavy atom. The fourth-order valence-corrected chi connectivity index (χ4v) is 2.90. The van der Waals surface area contributed by atoms with E-state index >= 15 is 0 Å². The Balaban J connectivity index is 2.22. The van der Waals surface area contributed by atoms with Crippen molar-refractivity contribution in [2.24, 2.45) is 0 Å². The number of carboxylic acid groups (broad SMARTS) is 1. The van der Waals surface area contributed by atoms with Crippen LogP contribution < -0.4 is 4.72 Å². The summed E-state index contributed by atoms with van der Waals surface area (Å²) in [5.74, 6) is -0.953. The van der Waals surface area contributed by atoms with Crippen molar-refractivity contribution in [2.45, 2.75) is 51.0 Å². The molecule has 0 spiro atoms. The molecule has 0 radical (unpaired) electrons. The Bertz CT molecular complexity index is 335. The summed E-state index contributed by atoms with van der Waals surface area (Å²) in [5, 5.41) is 8.38. The fraction of sp³-hybridized carbons (Fsp3) is 0.900. The number of rotatable bonds is 7. The summed E-state index contributed by atoms with van der Waals surface area (Å²) in [7, 11) is -3.72. The van der Waals surface area contributed by atoms with E-state index in [9.17, 15) is 13.2 Å². The van der Waals surface area contributed by atoms with Crippen molar-refractivity contribution < 1.29 is 22.5 Å². The van der Waals surface area contributed by atoms with Crippen LogP contribution in [0, 0.1) is 0 Å². The minimum Gasteiger partial charge on any atom is -0.481 e. The minimum atomic E-state index is -3.72. The number of carbonyl (C=O) groups is 1. The molecular weight excluding hydrogens is 246 g/mol. The molecule has 2 N–H and O–H groups in total. The van der Waals surface area contributed by atoms with Gasteiger partial charge in [0.05, 0.1) is 6.61 Å². The van der Waals surface area contributed by atoms with Crippen molar-refractivity contribution in [3.05, 3.63) is 0 Å². The lowest BCUT2D eigenvalue weighted by atomic mass is 9.96. The minimum absolute atomic E-state index is 0.0341. The molecule has 0 unspecified atom stereocenters. The zero-order chi connectivity index (χ0) is 12.7. The fourth-order valence-electron chi connectivity index (χ4n) is 1.85. The molecule has 100 valence electrons. The normalized spacial score (nSPS) is 18.1. The van der Waals surface area contributed by atoms with E-state index in [1.54, 1.807) is 0 Å². The van der Waals surface area contributed by atoms with Crippen LogP contribution >= 0.6 is 0 Å². The van der Waals surface area contributed by atoms with Crippen LogP contribution in [0.25, 0.3) is 0 Å². The maximum Gasteiger partial charge on any atom is 0.336 e. The molecule has 17 heavy (non-hydrogen) atoms. The number of hydrogen-bond acceptors (Lipinski definition) is 4. The first-order valence-electron chi connectivity index (χ1n) is 5.88. The Morgan fingerprint density at radius 3 is 2.53 bits per heavy atom. The molecule has 0 bridgehead atoms. The Hall–Kier alpha value is -0.660. The van der Waals surface area contributed by atoms with Gasteiger partial charge in [-0.15, -0.1) is 0 Å². The van der Waals surface area contributed by atoms with Crippen molar-refractivity contribution in [2.75, 3.05) is 6.61 Å². The van der Waals surface area contributed by atoms with Gasteiger partial charge in [0.1, 0.15) is 0 Å². The van der Waals surface area contributed by atoms with Gasteiger partial charge < -0.3 is 5.11 Å². The van der Waals surface area contributed by atoms with E-state index in [1.807, 2.05) is 0 Å². The largest absolute Gasteiger partial charge is 0.481 e. The summed E-state index contributed by atoms with van der Waals surface area (Å²) in [6.07, 6.45) is 5.02. The Labute approximate surface area is 102 Å². The molecule has 0 aromatic heterocycles. The van der Waals surface area contributed by atoms with Crippen molar-refractivity contribution in [1.82, 2.24) is 4.72 Å².